The second-order valence-electron chi connectivity index (χ2n) is 8.94. The SMILES string of the molecule is CCOP(=O)(Cc1ccc2cc(OC)ccc2n1)OCC.CCOP(OCC)OCC.COc1ccc2nc(CBr)ccc2c1. The summed E-state index contributed by atoms with van der Waals surface area (Å²) in [4.78, 5) is 8.98. The molecule has 0 amide bonds. The van der Waals surface area contributed by atoms with Crippen molar-refractivity contribution in [3.8, 4) is 11.5 Å². The number of methoxy groups -OCH3 is 2. The minimum atomic E-state index is -3.12. The van der Waals surface area contributed by atoms with E-state index >= 15 is 0 Å². The van der Waals surface area contributed by atoms with Crippen molar-refractivity contribution in [1.29, 1.82) is 0 Å². The van der Waals surface area contributed by atoms with Crippen molar-refractivity contribution in [2.24, 2.45) is 0 Å². The van der Waals surface area contributed by atoms with E-state index < -0.39 is 16.2 Å². The fraction of sp³-hybridized carbons (Fsp3) is 0.438. The van der Waals surface area contributed by atoms with Crippen LogP contribution in [0.2, 0.25) is 0 Å². The van der Waals surface area contributed by atoms with Gasteiger partial charge in [0.15, 0.2) is 0 Å². The van der Waals surface area contributed by atoms with Crippen LogP contribution in [0.1, 0.15) is 46.0 Å². The zero-order chi connectivity index (χ0) is 33.1. The number of fused-ring (bicyclic) bond motifs is 2. The van der Waals surface area contributed by atoms with Crippen LogP contribution in [0.4, 0.5) is 0 Å². The van der Waals surface area contributed by atoms with Gasteiger partial charge in [-0.2, -0.15) is 0 Å². The number of ether oxygens (including phenoxy) is 2. The van der Waals surface area contributed by atoms with Crippen molar-refractivity contribution >= 4 is 53.9 Å². The highest BCUT2D eigenvalue weighted by Crippen LogP contribution is 2.51. The lowest BCUT2D eigenvalue weighted by atomic mass is 10.2. The quantitative estimate of drug-likeness (QED) is 0.0868. The number of benzene rings is 2. The molecule has 0 N–H and O–H groups in total. The summed E-state index contributed by atoms with van der Waals surface area (Å²) in [7, 11) is -0.886. The number of pyridine rings is 2. The molecular weight excluding hydrogens is 682 g/mol. The number of halogens is 1. The highest BCUT2D eigenvalue weighted by Gasteiger charge is 2.24. The van der Waals surface area contributed by atoms with Gasteiger partial charge < -0.3 is 32.1 Å². The lowest BCUT2D eigenvalue weighted by Gasteiger charge is -2.16. The maximum atomic E-state index is 12.5. The molecule has 0 aliphatic carbocycles. The van der Waals surface area contributed by atoms with E-state index in [-0.39, 0.29) is 6.16 Å². The summed E-state index contributed by atoms with van der Waals surface area (Å²) in [6.45, 7) is 12.0. The predicted octanol–water partition coefficient (Wildman–Crippen LogP) is 9.47. The van der Waals surface area contributed by atoms with Crippen LogP contribution in [0.5, 0.6) is 11.5 Å². The molecule has 45 heavy (non-hydrogen) atoms. The van der Waals surface area contributed by atoms with E-state index in [0.717, 1.165) is 44.3 Å². The molecule has 0 aliphatic heterocycles. The van der Waals surface area contributed by atoms with E-state index in [9.17, 15) is 4.57 Å². The number of hydrogen-bond acceptors (Lipinski definition) is 10. The molecule has 0 saturated carbocycles. The third-order valence-corrected chi connectivity index (χ3v) is 9.75. The van der Waals surface area contributed by atoms with Crippen LogP contribution in [0.3, 0.4) is 0 Å². The second-order valence-corrected chi connectivity index (χ2v) is 12.8. The summed E-state index contributed by atoms with van der Waals surface area (Å²) in [5.41, 5.74) is 3.57. The lowest BCUT2D eigenvalue weighted by Crippen LogP contribution is -2.00. The third kappa shape index (κ3) is 13.6. The summed E-state index contributed by atoms with van der Waals surface area (Å²) in [6.07, 6.45) is 0.177. The van der Waals surface area contributed by atoms with Gasteiger partial charge in [-0.1, -0.05) is 28.1 Å². The van der Waals surface area contributed by atoms with Gasteiger partial charge in [-0.05, 0) is 83.1 Å². The Morgan fingerprint density at radius 3 is 1.49 bits per heavy atom. The molecule has 248 valence electrons. The van der Waals surface area contributed by atoms with Gasteiger partial charge in [0, 0.05) is 16.1 Å². The average molecular weight is 728 g/mol. The molecule has 0 saturated heterocycles. The average Bonchev–Trinajstić information content (AvgIpc) is 3.05. The van der Waals surface area contributed by atoms with E-state index in [1.807, 2.05) is 75.4 Å². The minimum Gasteiger partial charge on any atom is -0.497 e. The van der Waals surface area contributed by atoms with Crippen LogP contribution >= 0.6 is 32.1 Å². The zero-order valence-electron chi connectivity index (χ0n) is 27.2. The highest BCUT2D eigenvalue weighted by atomic mass is 79.9. The molecule has 4 aromatic rings. The first-order chi connectivity index (χ1) is 21.8. The monoisotopic (exact) mass is 726 g/mol. The van der Waals surface area contributed by atoms with Crippen LogP contribution in [0.25, 0.3) is 21.8 Å². The zero-order valence-corrected chi connectivity index (χ0v) is 30.5. The fourth-order valence-corrected chi connectivity index (χ4v) is 6.64. The van der Waals surface area contributed by atoms with Gasteiger partial charge in [0.05, 0.1) is 75.8 Å². The van der Waals surface area contributed by atoms with E-state index in [1.165, 1.54) is 0 Å². The van der Waals surface area contributed by atoms with Gasteiger partial charge in [-0.15, -0.1) is 0 Å². The Labute approximate surface area is 276 Å². The number of alkyl halides is 1. The van der Waals surface area contributed by atoms with Crippen LogP contribution < -0.4 is 9.47 Å². The summed E-state index contributed by atoms with van der Waals surface area (Å²) >= 11 is 3.38. The molecule has 13 heteroatoms. The lowest BCUT2D eigenvalue weighted by molar-refractivity contribution is 0.176. The Morgan fingerprint density at radius 1 is 0.644 bits per heavy atom. The maximum Gasteiger partial charge on any atom is 0.336 e. The number of aromatic nitrogens is 2. The van der Waals surface area contributed by atoms with Crippen molar-refractivity contribution in [2.45, 2.75) is 46.1 Å². The molecule has 0 fully saturated rings. The van der Waals surface area contributed by atoms with E-state index in [0.29, 0.717) is 38.7 Å². The van der Waals surface area contributed by atoms with E-state index in [1.54, 1.807) is 28.1 Å². The Balaban J connectivity index is 0.000000254. The minimum absolute atomic E-state index is 0.177. The summed E-state index contributed by atoms with van der Waals surface area (Å²) in [5, 5.41) is 2.87. The smallest absolute Gasteiger partial charge is 0.336 e. The Bertz CT molecular complexity index is 1410. The maximum absolute atomic E-state index is 12.5. The van der Waals surface area contributed by atoms with Crippen LogP contribution in [-0.4, -0.2) is 57.2 Å². The normalized spacial score (nSPS) is 11.1. The second kappa shape index (κ2) is 21.6. The van der Waals surface area contributed by atoms with Crippen LogP contribution in [-0.2, 0) is 38.7 Å². The fourth-order valence-electron chi connectivity index (χ4n) is 3.86. The molecule has 0 spiro atoms. The molecule has 2 aromatic carbocycles. The van der Waals surface area contributed by atoms with Gasteiger partial charge in [0.2, 0.25) is 0 Å². The molecule has 0 atom stereocenters. The molecular formula is C32H45BrN2O8P2. The highest BCUT2D eigenvalue weighted by molar-refractivity contribution is 9.08. The number of hydrogen-bond donors (Lipinski definition) is 0. The molecule has 4 rings (SSSR count). The first-order valence-corrected chi connectivity index (χ1v) is 18.7. The Hall–Kier alpha value is -2.20. The van der Waals surface area contributed by atoms with E-state index in [4.69, 9.17) is 32.1 Å². The molecule has 0 aliphatic rings. The summed E-state index contributed by atoms with van der Waals surface area (Å²) < 4.78 is 48.9. The standard InChI is InChI=1S/C15H20NO4P.C11H10BrNO.C6H15O3P/c1-4-19-21(17,20-5-2)11-13-7-6-12-10-14(18-3)8-9-15(12)16-13;1-14-10-4-5-11-8(6-10)2-3-9(7-12)13-11;1-4-7-10(8-5-2)9-6-3/h6-10H,4-5,11H2,1-3H3;2-6H,7H2,1H3;4-6H2,1-3H3. The van der Waals surface area contributed by atoms with Crippen molar-refractivity contribution in [3.05, 3.63) is 72.1 Å². The molecule has 0 bridgehead atoms. The molecule has 10 nitrogen and oxygen atoms in total. The largest absolute Gasteiger partial charge is 0.497 e. The third-order valence-electron chi connectivity index (χ3n) is 5.76. The Morgan fingerprint density at radius 2 is 1.09 bits per heavy atom. The van der Waals surface area contributed by atoms with Gasteiger partial charge in [-0.3, -0.25) is 14.5 Å². The number of rotatable bonds is 15. The predicted molar refractivity (Wildman–Crippen MR) is 186 cm³/mol. The topological polar surface area (TPSA) is 107 Å². The molecule has 0 unspecified atom stereocenters. The van der Waals surface area contributed by atoms with Gasteiger partial charge in [-0.25, -0.2) is 0 Å². The van der Waals surface area contributed by atoms with Crippen molar-refractivity contribution < 1.29 is 36.7 Å². The van der Waals surface area contributed by atoms with Crippen molar-refractivity contribution in [1.82, 2.24) is 9.97 Å². The summed E-state index contributed by atoms with van der Waals surface area (Å²) in [5.74, 6) is 1.65. The number of nitrogens with zero attached hydrogens (tertiary/aromatic N) is 2. The first kappa shape index (κ1) is 39.0. The van der Waals surface area contributed by atoms with Gasteiger partial charge >= 0.3 is 16.2 Å². The molecule has 0 radical (unpaired) electrons. The van der Waals surface area contributed by atoms with Crippen molar-refractivity contribution in [2.75, 3.05) is 47.3 Å². The van der Waals surface area contributed by atoms with E-state index in [2.05, 4.69) is 32.0 Å². The summed E-state index contributed by atoms with van der Waals surface area (Å²) in [6, 6.07) is 19.4. The molecule has 2 aromatic heterocycles. The van der Waals surface area contributed by atoms with Gasteiger partial charge in [0.25, 0.3) is 0 Å². The van der Waals surface area contributed by atoms with Crippen LogP contribution in [0.15, 0.2) is 60.7 Å². The van der Waals surface area contributed by atoms with Crippen molar-refractivity contribution in [3.63, 3.8) is 0 Å². The van der Waals surface area contributed by atoms with Gasteiger partial charge in [0.1, 0.15) is 11.5 Å². The first-order valence-electron chi connectivity index (χ1n) is 14.8. The van der Waals surface area contributed by atoms with Crippen LogP contribution in [0, 0.1) is 0 Å². The Kier molecular flexibility index (Phi) is 18.7. The molecule has 2 heterocycles.